The Labute approximate surface area is 88.4 Å². The summed E-state index contributed by atoms with van der Waals surface area (Å²) in [6.45, 7) is 1.95. The molecule has 1 N–H and O–H groups in total. The van der Waals surface area contributed by atoms with Crippen molar-refractivity contribution in [3.05, 3.63) is 24.2 Å². The van der Waals surface area contributed by atoms with Crippen LogP contribution in [0.1, 0.15) is 30.3 Å². The first-order valence-electron chi connectivity index (χ1n) is 4.64. The second-order valence-corrected chi connectivity index (χ2v) is 3.56. The van der Waals surface area contributed by atoms with Crippen molar-refractivity contribution >= 4 is 17.5 Å². The molecule has 0 aromatic carbocycles. The van der Waals surface area contributed by atoms with Crippen molar-refractivity contribution < 1.29 is 9.21 Å². The molecule has 0 saturated heterocycles. The van der Waals surface area contributed by atoms with Gasteiger partial charge >= 0.3 is 0 Å². The van der Waals surface area contributed by atoms with Crippen molar-refractivity contribution in [2.75, 3.05) is 5.88 Å². The van der Waals surface area contributed by atoms with Crippen LogP contribution in [-0.4, -0.2) is 17.8 Å². The molecule has 4 heteroatoms. The van der Waals surface area contributed by atoms with E-state index in [1.807, 2.05) is 6.92 Å². The van der Waals surface area contributed by atoms with Crippen LogP contribution in [0, 0.1) is 0 Å². The summed E-state index contributed by atoms with van der Waals surface area (Å²) < 4.78 is 4.96. The normalized spacial score (nSPS) is 12.4. The van der Waals surface area contributed by atoms with E-state index in [0.29, 0.717) is 11.6 Å². The summed E-state index contributed by atoms with van der Waals surface area (Å²) >= 11 is 5.55. The molecule has 0 spiro atoms. The molecule has 1 amide bonds. The Balaban J connectivity index is 2.34. The molecule has 0 aliphatic carbocycles. The van der Waals surface area contributed by atoms with Crippen LogP contribution in [-0.2, 0) is 0 Å². The number of alkyl halides is 1. The van der Waals surface area contributed by atoms with Gasteiger partial charge in [-0.25, -0.2) is 0 Å². The average molecular weight is 216 g/mol. The molecule has 1 unspecified atom stereocenters. The molecule has 1 atom stereocenters. The topological polar surface area (TPSA) is 42.2 Å². The Kier molecular flexibility index (Phi) is 4.53. The molecule has 1 rings (SSSR count). The van der Waals surface area contributed by atoms with E-state index in [4.69, 9.17) is 16.0 Å². The largest absolute Gasteiger partial charge is 0.459 e. The molecule has 0 saturated carbocycles. The van der Waals surface area contributed by atoms with E-state index in [1.165, 1.54) is 6.26 Å². The highest BCUT2D eigenvalue weighted by Crippen LogP contribution is 2.02. The summed E-state index contributed by atoms with van der Waals surface area (Å²) in [6.07, 6.45) is 3.27. The molecule has 14 heavy (non-hydrogen) atoms. The SMILES string of the molecule is CC(CCCCl)NC(=O)c1ccco1. The Hall–Kier alpha value is -0.960. The molecule has 1 heterocycles. The predicted molar refractivity (Wildman–Crippen MR) is 55.6 cm³/mol. The number of hydrogen-bond acceptors (Lipinski definition) is 2. The monoisotopic (exact) mass is 215 g/mol. The smallest absolute Gasteiger partial charge is 0.287 e. The van der Waals surface area contributed by atoms with Gasteiger partial charge in [-0.2, -0.15) is 0 Å². The molecule has 0 radical (unpaired) electrons. The summed E-state index contributed by atoms with van der Waals surface area (Å²) in [5, 5.41) is 2.83. The number of rotatable bonds is 5. The maximum Gasteiger partial charge on any atom is 0.287 e. The Morgan fingerprint density at radius 1 is 1.71 bits per heavy atom. The van der Waals surface area contributed by atoms with Crippen LogP contribution in [0.2, 0.25) is 0 Å². The van der Waals surface area contributed by atoms with Gasteiger partial charge in [0, 0.05) is 11.9 Å². The van der Waals surface area contributed by atoms with E-state index < -0.39 is 0 Å². The third-order valence-electron chi connectivity index (χ3n) is 1.89. The van der Waals surface area contributed by atoms with E-state index in [9.17, 15) is 4.79 Å². The van der Waals surface area contributed by atoms with Crippen molar-refractivity contribution in [3.8, 4) is 0 Å². The first-order valence-corrected chi connectivity index (χ1v) is 5.18. The maximum absolute atomic E-state index is 11.4. The van der Waals surface area contributed by atoms with Gasteiger partial charge in [0.1, 0.15) is 0 Å². The Morgan fingerprint density at radius 3 is 3.07 bits per heavy atom. The van der Waals surface area contributed by atoms with Crippen molar-refractivity contribution in [3.63, 3.8) is 0 Å². The van der Waals surface area contributed by atoms with Gasteiger partial charge in [-0.3, -0.25) is 4.79 Å². The standard InChI is InChI=1S/C10H14ClNO2/c1-8(4-2-6-11)12-10(13)9-5-3-7-14-9/h3,5,7-8H,2,4,6H2,1H3,(H,12,13). The fourth-order valence-corrected chi connectivity index (χ4v) is 1.31. The minimum absolute atomic E-state index is 0.131. The van der Waals surface area contributed by atoms with Crippen LogP contribution in [0.15, 0.2) is 22.8 Å². The summed E-state index contributed by atoms with van der Waals surface area (Å²) in [5.74, 6) is 0.806. The van der Waals surface area contributed by atoms with E-state index in [2.05, 4.69) is 5.32 Å². The minimum atomic E-state index is -0.169. The van der Waals surface area contributed by atoms with Crippen LogP contribution in [0.4, 0.5) is 0 Å². The van der Waals surface area contributed by atoms with Crippen LogP contribution in [0.25, 0.3) is 0 Å². The van der Waals surface area contributed by atoms with E-state index in [0.717, 1.165) is 12.8 Å². The van der Waals surface area contributed by atoms with Crippen molar-refractivity contribution in [1.82, 2.24) is 5.32 Å². The molecule has 3 nitrogen and oxygen atoms in total. The lowest BCUT2D eigenvalue weighted by molar-refractivity contribution is 0.0910. The van der Waals surface area contributed by atoms with Gasteiger partial charge in [0.05, 0.1) is 6.26 Å². The zero-order chi connectivity index (χ0) is 10.4. The number of carbonyl (C=O) groups excluding carboxylic acids is 1. The fraction of sp³-hybridized carbons (Fsp3) is 0.500. The fourth-order valence-electron chi connectivity index (χ4n) is 1.16. The first kappa shape index (κ1) is 11.1. The molecule has 0 aliphatic heterocycles. The van der Waals surface area contributed by atoms with Gasteiger partial charge in [0.2, 0.25) is 0 Å². The average Bonchev–Trinajstić information content (AvgIpc) is 2.67. The number of halogens is 1. The zero-order valence-electron chi connectivity index (χ0n) is 8.13. The number of hydrogen-bond donors (Lipinski definition) is 1. The van der Waals surface area contributed by atoms with Gasteiger partial charge < -0.3 is 9.73 Å². The van der Waals surface area contributed by atoms with Gasteiger partial charge in [0.15, 0.2) is 5.76 Å². The molecule has 78 valence electrons. The third kappa shape index (κ3) is 3.42. The Bertz CT molecular complexity index is 272. The second kappa shape index (κ2) is 5.70. The van der Waals surface area contributed by atoms with Crippen molar-refractivity contribution in [1.29, 1.82) is 0 Å². The first-order chi connectivity index (χ1) is 6.74. The van der Waals surface area contributed by atoms with E-state index >= 15 is 0 Å². The highest BCUT2D eigenvalue weighted by molar-refractivity contribution is 6.17. The summed E-state index contributed by atoms with van der Waals surface area (Å²) in [6, 6.07) is 3.47. The van der Waals surface area contributed by atoms with E-state index in [1.54, 1.807) is 12.1 Å². The van der Waals surface area contributed by atoms with Crippen molar-refractivity contribution in [2.24, 2.45) is 0 Å². The van der Waals surface area contributed by atoms with Crippen LogP contribution in [0.3, 0.4) is 0 Å². The van der Waals surface area contributed by atoms with Gasteiger partial charge in [0.25, 0.3) is 5.91 Å². The van der Waals surface area contributed by atoms with Crippen LogP contribution in [0.5, 0.6) is 0 Å². The van der Waals surface area contributed by atoms with Gasteiger partial charge in [-0.05, 0) is 31.9 Å². The number of amides is 1. The van der Waals surface area contributed by atoms with Gasteiger partial charge in [-0.1, -0.05) is 0 Å². The molecule has 1 aromatic heterocycles. The molecule has 1 aromatic rings. The summed E-state index contributed by atoms with van der Waals surface area (Å²) in [5.41, 5.74) is 0. The number of furan rings is 1. The van der Waals surface area contributed by atoms with E-state index in [-0.39, 0.29) is 11.9 Å². The van der Waals surface area contributed by atoms with Gasteiger partial charge in [-0.15, -0.1) is 11.6 Å². The lowest BCUT2D eigenvalue weighted by Gasteiger charge is -2.11. The molecular weight excluding hydrogens is 202 g/mol. The number of carbonyl (C=O) groups is 1. The maximum atomic E-state index is 11.4. The molecule has 0 aliphatic rings. The lowest BCUT2D eigenvalue weighted by Crippen LogP contribution is -2.32. The minimum Gasteiger partial charge on any atom is -0.459 e. The van der Waals surface area contributed by atoms with Crippen LogP contribution < -0.4 is 5.32 Å². The van der Waals surface area contributed by atoms with Crippen molar-refractivity contribution in [2.45, 2.75) is 25.8 Å². The molecular formula is C10H14ClNO2. The third-order valence-corrected chi connectivity index (χ3v) is 2.16. The number of nitrogens with one attached hydrogen (secondary N) is 1. The predicted octanol–water partition coefficient (Wildman–Crippen LogP) is 2.42. The highest BCUT2D eigenvalue weighted by Gasteiger charge is 2.10. The Morgan fingerprint density at radius 2 is 2.50 bits per heavy atom. The van der Waals surface area contributed by atoms with Crippen LogP contribution >= 0.6 is 11.6 Å². The quantitative estimate of drug-likeness (QED) is 0.767. The highest BCUT2D eigenvalue weighted by atomic mass is 35.5. The molecule has 0 bridgehead atoms. The zero-order valence-corrected chi connectivity index (χ0v) is 8.88. The second-order valence-electron chi connectivity index (χ2n) is 3.18. The summed E-state index contributed by atoms with van der Waals surface area (Å²) in [7, 11) is 0. The summed E-state index contributed by atoms with van der Waals surface area (Å²) in [4.78, 5) is 11.4. The lowest BCUT2D eigenvalue weighted by atomic mass is 10.2. The molecule has 0 fully saturated rings.